The van der Waals surface area contributed by atoms with Gasteiger partial charge in [-0.15, -0.1) is 23.1 Å². The lowest BCUT2D eigenvalue weighted by atomic mass is 10.2. The fourth-order valence-corrected chi connectivity index (χ4v) is 5.32. The number of benzene rings is 1. The molecule has 1 saturated heterocycles. The highest BCUT2D eigenvalue weighted by molar-refractivity contribution is 7.99. The average Bonchev–Trinajstić information content (AvgIpc) is 3.09. The Labute approximate surface area is 173 Å². The highest BCUT2D eigenvalue weighted by Crippen LogP contribution is 2.30. The molecular formula is C21H24N4OS2. The van der Waals surface area contributed by atoms with Crippen LogP contribution in [0, 0.1) is 13.8 Å². The maximum atomic E-state index is 12.6. The minimum absolute atomic E-state index is 0.239. The van der Waals surface area contributed by atoms with Crippen LogP contribution in [0.1, 0.15) is 16.9 Å². The van der Waals surface area contributed by atoms with E-state index in [1.165, 1.54) is 16.1 Å². The number of fused-ring (bicyclic) bond motifs is 1. The summed E-state index contributed by atoms with van der Waals surface area (Å²) in [5, 5.41) is 2.08. The van der Waals surface area contributed by atoms with E-state index in [-0.39, 0.29) is 5.91 Å². The number of thioether (sulfide) groups is 1. The van der Waals surface area contributed by atoms with Crippen molar-refractivity contribution < 1.29 is 4.79 Å². The minimum atomic E-state index is 0.239. The predicted octanol–water partition coefficient (Wildman–Crippen LogP) is 4.14. The van der Waals surface area contributed by atoms with Crippen molar-refractivity contribution in [3.8, 4) is 0 Å². The fourth-order valence-electron chi connectivity index (χ4n) is 3.50. The first-order valence-electron chi connectivity index (χ1n) is 9.53. The molecule has 5 nitrogen and oxygen atoms in total. The summed E-state index contributed by atoms with van der Waals surface area (Å²) < 4.78 is 0. The third-order valence-corrected chi connectivity index (χ3v) is 6.94. The molecule has 1 amide bonds. The highest BCUT2D eigenvalue weighted by atomic mass is 32.2. The van der Waals surface area contributed by atoms with Gasteiger partial charge in [0, 0.05) is 54.3 Å². The number of rotatable bonds is 5. The van der Waals surface area contributed by atoms with Crippen molar-refractivity contribution in [3.63, 3.8) is 0 Å². The number of hydrogen-bond acceptors (Lipinski definition) is 6. The van der Waals surface area contributed by atoms with Crippen molar-refractivity contribution in [1.29, 1.82) is 0 Å². The van der Waals surface area contributed by atoms with Gasteiger partial charge >= 0.3 is 0 Å². The lowest BCUT2D eigenvalue weighted by Crippen LogP contribution is -2.48. The lowest BCUT2D eigenvalue weighted by molar-refractivity contribution is -0.131. The summed E-state index contributed by atoms with van der Waals surface area (Å²) >= 11 is 3.34. The average molecular weight is 413 g/mol. The molecule has 7 heteroatoms. The number of aromatic nitrogens is 2. The van der Waals surface area contributed by atoms with E-state index in [1.807, 2.05) is 4.90 Å². The summed E-state index contributed by atoms with van der Waals surface area (Å²) in [4.78, 5) is 28.0. The molecule has 0 aliphatic carbocycles. The number of hydrogen-bond donors (Lipinski definition) is 0. The van der Waals surface area contributed by atoms with Gasteiger partial charge in [-0.3, -0.25) is 4.79 Å². The molecular weight excluding hydrogens is 388 g/mol. The topological polar surface area (TPSA) is 49.3 Å². The largest absolute Gasteiger partial charge is 0.368 e. The lowest BCUT2D eigenvalue weighted by Gasteiger charge is -2.36. The first kappa shape index (κ1) is 19.2. The molecule has 0 bridgehead atoms. The second-order valence-corrected chi connectivity index (χ2v) is 9.38. The first-order valence-corrected chi connectivity index (χ1v) is 11.3. The Morgan fingerprint density at radius 3 is 2.75 bits per heavy atom. The second kappa shape index (κ2) is 8.49. The molecule has 146 valence electrons. The van der Waals surface area contributed by atoms with Crippen LogP contribution in [0.2, 0.25) is 0 Å². The molecule has 0 saturated carbocycles. The van der Waals surface area contributed by atoms with E-state index >= 15 is 0 Å². The van der Waals surface area contributed by atoms with Gasteiger partial charge in [0.1, 0.15) is 16.2 Å². The fraction of sp³-hybridized carbons (Fsp3) is 0.381. The summed E-state index contributed by atoms with van der Waals surface area (Å²) in [7, 11) is 0. The Morgan fingerprint density at radius 1 is 1.14 bits per heavy atom. The van der Waals surface area contributed by atoms with Crippen molar-refractivity contribution >= 4 is 44.9 Å². The van der Waals surface area contributed by atoms with Gasteiger partial charge < -0.3 is 9.80 Å². The Bertz CT molecular complexity index is 979. The zero-order chi connectivity index (χ0) is 19.5. The molecule has 1 aliphatic heterocycles. The Hall–Kier alpha value is -2.12. The van der Waals surface area contributed by atoms with Gasteiger partial charge in [-0.2, -0.15) is 0 Å². The molecule has 4 rings (SSSR count). The normalized spacial score (nSPS) is 14.6. The molecule has 1 aliphatic rings. The van der Waals surface area contributed by atoms with E-state index in [9.17, 15) is 4.79 Å². The number of carbonyl (C=O) groups is 1. The summed E-state index contributed by atoms with van der Waals surface area (Å²) in [5.74, 6) is 0.987. The number of anilines is 1. The third kappa shape index (κ3) is 4.31. The van der Waals surface area contributed by atoms with E-state index < -0.39 is 0 Å². The summed E-state index contributed by atoms with van der Waals surface area (Å²) in [5.41, 5.74) is 2.52. The molecule has 3 heterocycles. The minimum Gasteiger partial charge on any atom is -0.368 e. The van der Waals surface area contributed by atoms with Crippen LogP contribution in [-0.2, 0) is 4.79 Å². The number of amides is 1. The maximum absolute atomic E-state index is 12.6. The van der Waals surface area contributed by atoms with Crippen molar-refractivity contribution in [3.05, 3.63) is 47.1 Å². The second-order valence-electron chi connectivity index (χ2n) is 7.06. The SMILES string of the molecule is Cc1cccc(N2CCN(C(=O)CCSc3ncnc4sc(C)cc34)CC2)c1. The van der Waals surface area contributed by atoms with Crippen LogP contribution < -0.4 is 4.90 Å². The molecule has 28 heavy (non-hydrogen) atoms. The standard InChI is InChI=1S/C21H24N4OS2/c1-15-4-3-5-17(12-15)24-7-9-25(10-8-24)19(26)6-11-27-20-18-13-16(2)28-21(18)23-14-22-20/h3-5,12-14H,6-11H2,1-2H3. The van der Waals surface area contributed by atoms with Crippen LogP contribution in [0.4, 0.5) is 5.69 Å². The van der Waals surface area contributed by atoms with Gasteiger partial charge in [0.2, 0.25) is 5.91 Å². The number of carbonyl (C=O) groups excluding carboxylic acids is 1. The number of thiophene rings is 1. The smallest absolute Gasteiger partial charge is 0.223 e. The van der Waals surface area contributed by atoms with Gasteiger partial charge in [-0.1, -0.05) is 12.1 Å². The van der Waals surface area contributed by atoms with Gasteiger partial charge in [-0.05, 0) is 37.6 Å². The van der Waals surface area contributed by atoms with Crippen LogP contribution in [0.15, 0.2) is 41.7 Å². The molecule has 0 spiro atoms. The van der Waals surface area contributed by atoms with Gasteiger partial charge in [-0.25, -0.2) is 9.97 Å². The Balaban J connectivity index is 1.28. The number of nitrogens with zero attached hydrogens (tertiary/aromatic N) is 4. The van der Waals surface area contributed by atoms with Crippen molar-refractivity contribution in [2.45, 2.75) is 25.3 Å². The molecule has 0 radical (unpaired) electrons. The third-order valence-electron chi connectivity index (χ3n) is 4.97. The maximum Gasteiger partial charge on any atom is 0.223 e. The summed E-state index contributed by atoms with van der Waals surface area (Å²) in [6, 6.07) is 10.7. The van der Waals surface area contributed by atoms with Crippen LogP contribution >= 0.6 is 23.1 Å². The molecule has 0 N–H and O–H groups in total. The van der Waals surface area contributed by atoms with E-state index in [0.717, 1.165) is 47.2 Å². The van der Waals surface area contributed by atoms with Crippen molar-refractivity contribution in [2.24, 2.45) is 0 Å². The van der Waals surface area contributed by atoms with E-state index in [2.05, 4.69) is 59.0 Å². The number of piperazine rings is 1. The molecule has 0 atom stereocenters. The van der Waals surface area contributed by atoms with Crippen molar-refractivity contribution in [1.82, 2.24) is 14.9 Å². The van der Waals surface area contributed by atoms with Gasteiger partial charge in [0.05, 0.1) is 0 Å². The summed E-state index contributed by atoms with van der Waals surface area (Å²) in [6.45, 7) is 7.56. The quantitative estimate of drug-likeness (QED) is 0.466. The van der Waals surface area contributed by atoms with E-state index in [0.29, 0.717) is 6.42 Å². The Kier molecular flexibility index (Phi) is 5.82. The molecule has 2 aromatic heterocycles. The van der Waals surface area contributed by atoms with Gasteiger partial charge in [0.25, 0.3) is 0 Å². The molecule has 0 unspecified atom stereocenters. The molecule has 1 aromatic carbocycles. The van der Waals surface area contributed by atoms with Crippen molar-refractivity contribution in [2.75, 3.05) is 36.8 Å². The van der Waals surface area contributed by atoms with Crippen LogP contribution in [0.3, 0.4) is 0 Å². The van der Waals surface area contributed by atoms with Gasteiger partial charge in [0.15, 0.2) is 0 Å². The predicted molar refractivity (Wildman–Crippen MR) is 117 cm³/mol. The highest BCUT2D eigenvalue weighted by Gasteiger charge is 2.21. The van der Waals surface area contributed by atoms with E-state index in [4.69, 9.17) is 0 Å². The van der Waals surface area contributed by atoms with Crippen LogP contribution in [0.25, 0.3) is 10.2 Å². The zero-order valence-corrected chi connectivity index (χ0v) is 17.9. The molecule has 1 fully saturated rings. The van der Waals surface area contributed by atoms with Crippen LogP contribution in [0.5, 0.6) is 0 Å². The summed E-state index contributed by atoms with van der Waals surface area (Å²) in [6.07, 6.45) is 2.16. The first-order chi connectivity index (χ1) is 13.6. The van der Waals surface area contributed by atoms with Crippen LogP contribution in [-0.4, -0.2) is 52.7 Å². The Morgan fingerprint density at radius 2 is 1.96 bits per heavy atom. The number of aryl methyl sites for hydroxylation is 2. The zero-order valence-electron chi connectivity index (χ0n) is 16.2. The monoisotopic (exact) mass is 412 g/mol. The van der Waals surface area contributed by atoms with E-state index in [1.54, 1.807) is 29.4 Å². The molecule has 3 aromatic rings.